The van der Waals surface area contributed by atoms with Crippen molar-refractivity contribution in [1.29, 1.82) is 0 Å². The quantitative estimate of drug-likeness (QED) is 0.509. The standard InChI is InChI=1S/C10H9N3O3S/c11-8-5-12-4-3-9(8)17-6-7-1-2-10(16-7)13(14)15/h1-5H,6,11H2. The first-order chi connectivity index (χ1) is 8.16. The summed E-state index contributed by atoms with van der Waals surface area (Å²) in [5.74, 6) is 0.781. The molecule has 0 aliphatic rings. The topological polar surface area (TPSA) is 95.2 Å². The fourth-order valence-electron chi connectivity index (χ4n) is 1.22. The van der Waals surface area contributed by atoms with Gasteiger partial charge in [0, 0.05) is 11.1 Å². The number of nitrogen functional groups attached to an aromatic ring is 1. The molecule has 88 valence electrons. The molecule has 17 heavy (non-hydrogen) atoms. The van der Waals surface area contributed by atoms with Gasteiger partial charge in [0.25, 0.3) is 0 Å². The normalized spacial score (nSPS) is 10.4. The minimum absolute atomic E-state index is 0.247. The van der Waals surface area contributed by atoms with Crippen LogP contribution in [0.4, 0.5) is 11.6 Å². The molecule has 0 aromatic carbocycles. The third-order valence-corrected chi connectivity index (χ3v) is 3.12. The van der Waals surface area contributed by atoms with Crippen molar-refractivity contribution in [2.75, 3.05) is 5.73 Å². The zero-order valence-electron chi connectivity index (χ0n) is 8.70. The first-order valence-corrected chi connectivity index (χ1v) is 5.71. The average Bonchev–Trinajstić information content (AvgIpc) is 2.77. The molecule has 7 heteroatoms. The Morgan fingerprint density at radius 2 is 2.29 bits per heavy atom. The largest absolute Gasteiger partial charge is 0.433 e. The lowest BCUT2D eigenvalue weighted by molar-refractivity contribution is -0.402. The zero-order chi connectivity index (χ0) is 12.3. The summed E-state index contributed by atoms with van der Waals surface area (Å²) < 4.78 is 5.03. The van der Waals surface area contributed by atoms with Crippen LogP contribution in [0.15, 0.2) is 39.9 Å². The van der Waals surface area contributed by atoms with E-state index in [2.05, 4.69) is 4.98 Å². The van der Waals surface area contributed by atoms with E-state index >= 15 is 0 Å². The Hall–Kier alpha value is -2.02. The highest BCUT2D eigenvalue weighted by Gasteiger charge is 2.12. The summed E-state index contributed by atoms with van der Waals surface area (Å²) in [6.07, 6.45) is 3.20. The minimum atomic E-state index is -0.561. The van der Waals surface area contributed by atoms with Crippen LogP contribution in [0.3, 0.4) is 0 Å². The van der Waals surface area contributed by atoms with E-state index in [0.29, 0.717) is 17.2 Å². The number of nitrogens with two attached hydrogens (primary N) is 1. The Morgan fingerprint density at radius 1 is 1.47 bits per heavy atom. The molecule has 0 aliphatic carbocycles. The Labute approximate surface area is 101 Å². The van der Waals surface area contributed by atoms with Gasteiger partial charge in [0.1, 0.15) is 10.7 Å². The smallest absolute Gasteiger partial charge is 0.405 e. The second-order valence-electron chi connectivity index (χ2n) is 3.20. The molecule has 0 aliphatic heterocycles. The molecule has 0 amide bonds. The van der Waals surface area contributed by atoms with E-state index in [-0.39, 0.29) is 5.88 Å². The molecular formula is C10H9N3O3S. The highest BCUT2D eigenvalue weighted by atomic mass is 32.2. The van der Waals surface area contributed by atoms with Crippen molar-refractivity contribution in [2.24, 2.45) is 0 Å². The number of rotatable bonds is 4. The molecule has 2 N–H and O–H groups in total. The van der Waals surface area contributed by atoms with Gasteiger partial charge in [-0.2, -0.15) is 0 Å². The highest BCUT2D eigenvalue weighted by molar-refractivity contribution is 7.98. The lowest BCUT2D eigenvalue weighted by Crippen LogP contribution is -1.89. The molecule has 2 aromatic rings. The summed E-state index contributed by atoms with van der Waals surface area (Å²) in [5.41, 5.74) is 6.30. The summed E-state index contributed by atoms with van der Waals surface area (Å²) in [5, 5.41) is 10.4. The Bertz CT molecular complexity index is 541. The molecule has 2 aromatic heterocycles. The van der Waals surface area contributed by atoms with Crippen LogP contribution >= 0.6 is 11.8 Å². The van der Waals surface area contributed by atoms with E-state index in [9.17, 15) is 10.1 Å². The molecule has 0 atom stereocenters. The summed E-state index contributed by atoms with van der Waals surface area (Å²) in [6.45, 7) is 0. The molecule has 0 radical (unpaired) electrons. The fraction of sp³-hybridized carbons (Fsp3) is 0.100. The van der Waals surface area contributed by atoms with Gasteiger partial charge < -0.3 is 10.2 Å². The summed E-state index contributed by atoms with van der Waals surface area (Å²) in [4.78, 5) is 14.6. The van der Waals surface area contributed by atoms with Crippen LogP contribution < -0.4 is 5.73 Å². The fourth-order valence-corrected chi connectivity index (χ4v) is 2.05. The second kappa shape index (κ2) is 4.88. The van der Waals surface area contributed by atoms with Gasteiger partial charge in [0.2, 0.25) is 0 Å². The number of nitrogens with zero attached hydrogens (tertiary/aromatic N) is 2. The lowest BCUT2D eigenvalue weighted by Gasteiger charge is -2.01. The van der Waals surface area contributed by atoms with E-state index in [0.717, 1.165) is 4.90 Å². The maximum atomic E-state index is 10.4. The number of anilines is 1. The van der Waals surface area contributed by atoms with Crippen LogP contribution in [-0.4, -0.2) is 9.91 Å². The third-order valence-electron chi connectivity index (χ3n) is 2.01. The van der Waals surface area contributed by atoms with E-state index in [1.54, 1.807) is 24.5 Å². The van der Waals surface area contributed by atoms with Crippen molar-refractivity contribution < 1.29 is 9.34 Å². The van der Waals surface area contributed by atoms with Gasteiger partial charge in [0.15, 0.2) is 0 Å². The number of pyridine rings is 1. The van der Waals surface area contributed by atoms with Crippen molar-refractivity contribution in [3.8, 4) is 0 Å². The molecule has 0 fully saturated rings. The molecule has 0 bridgehead atoms. The maximum Gasteiger partial charge on any atom is 0.433 e. The maximum absolute atomic E-state index is 10.4. The minimum Gasteiger partial charge on any atom is -0.405 e. The van der Waals surface area contributed by atoms with Crippen LogP contribution in [0.5, 0.6) is 0 Å². The first kappa shape index (κ1) is 11.5. The third kappa shape index (κ3) is 2.76. The first-order valence-electron chi connectivity index (χ1n) is 4.72. The SMILES string of the molecule is Nc1cnccc1SCc1ccc([N+](=O)[O-])o1. The van der Waals surface area contributed by atoms with E-state index in [1.165, 1.54) is 17.8 Å². The van der Waals surface area contributed by atoms with Crippen molar-refractivity contribution in [3.05, 3.63) is 46.5 Å². The van der Waals surface area contributed by atoms with Crippen LogP contribution in [0, 0.1) is 10.1 Å². The molecule has 2 rings (SSSR count). The van der Waals surface area contributed by atoms with Crippen molar-refractivity contribution in [2.45, 2.75) is 10.6 Å². The van der Waals surface area contributed by atoms with Gasteiger partial charge in [-0.15, -0.1) is 11.8 Å². The van der Waals surface area contributed by atoms with Crippen LogP contribution in [-0.2, 0) is 5.75 Å². The van der Waals surface area contributed by atoms with Gasteiger partial charge in [-0.1, -0.05) is 0 Å². The number of aromatic nitrogens is 1. The molecule has 2 heterocycles. The van der Waals surface area contributed by atoms with Crippen LogP contribution in [0.25, 0.3) is 0 Å². The van der Waals surface area contributed by atoms with Gasteiger partial charge in [0.05, 0.1) is 23.7 Å². The number of thioether (sulfide) groups is 1. The summed E-state index contributed by atoms with van der Waals surface area (Å²) in [7, 11) is 0. The molecular weight excluding hydrogens is 242 g/mol. The molecule has 0 unspecified atom stereocenters. The Kier molecular flexibility index (Phi) is 3.29. The molecule has 0 saturated heterocycles. The molecule has 6 nitrogen and oxygen atoms in total. The van der Waals surface area contributed by atoms with Crippen molar-refractivity contribution >= 4 is 23.3 Å². The number of nitro groups is 1. The second-order valence-corrected chi connectivity index (χ2v) is 4.22. The monoisotopic (exact) mass is 251 g/mol. The number of hydrogen-bond acceptors (Lipinski definition) is 6. The molecule has 0 saturated carbocycles. The summed E-state index contributed by atoms with van der Waals surface area (Å²) in [6, 6.07) is 4.71. The van der Waals surface area contributed by atoms with E-state index in [4.69, 9.17) is 10.2 Å². The van der Waals surface area contributed by atoms with Gasteiger partial charge in [-0.25, -0.2) is 0 Å². The van der Waals surface area contributed by atoms with Crippen LogP contribution in [0.2, 0.25) is 0 Å². The number of furan rings is 1. The molecule has 0 spiro atoms. The van der Waals surface area contributed by atoms with Gasteiger partial charge >= 0.3 is 5.88 Å². The van der Waals surface area contributed by atoms with E-state index in [1.807, 2.05) is 0 Å². The Balaban J connectivity index is 2.02. The van der Waals surface area contributed by atoms with Crippen LogP contribution in [0.1, 0.15) is 5.76 Å². The van der Waals surface area contributed by atoms with E-state index < -0.39 is 4.92 Å². The average molecular weight is 251 g/mol. The predicted molar refractivity (Wildman–Crippen MR) is 63.6 cm³/mol. The van der Waals surface area contributed by atoms with Gasteiger partial charge in [-0.05, 0) is 12.1 Å². The summed E-state index contributed by atoms with van der Waals surface area (Å²) >= 11 is 1.44. The zero-order valence-corrected chi connectivity index (χ0v) is 9.52. The van der Waals surface area contributed by atoms with Gasteiger partial charge in [-0.3, -0.25) is 15.1 Å². The van der Waals surface area contributed by atoms with Crippen molar-refractivity contribution in [1.82, 2.24) is 4.98 Å². The predicted octanol–water partition coefficient (Wildman–Crippen LogP) is 2.46. The Morgan fingerprint density at radius 3 is 2.94 bits per heavy atom. The number of hydrogen-bond donors (Lipinski definition) is 1. The van der Waals surface area contributed by atoms with Crippen molar-refractivity contribution in [3.63, 3.8) is 0 Å². The highest BCUT2D eigenvalue weighted by Crippen LogP contribution is 2.28. The lowest BCUT2D eigenvalue weighted by atomic mass is 10.4.